The zero-order chi connectivity index (χ0) is 27.9. The highest BCUT2D eigenvalue weighted by Crippen LogP contribution is 2.75. The summed E-state index contributed by atoms with van der Waals surface area (Å²) in [5.74, 6) is 2.62. The molecule has 212 valence electrons. The van der Waals surface area contributed by atoms with E-state index < -0.39 is 0 Å². The van der Waals surface area contributed by atoms with Crippen LogP contribution in [0.15, 0.2) is 21.9 Å². The number of rotatable bonds is 2. The average Bonchev–Trinajstić information content (AvgIpc) is 2.85. The molecule has 0 saturated heterocycles. The summed E-state index contributed by atoms with van der Waals surface area (Å²) in [7, 11) is 1.59. The number of carbonyl (C=O) groups excluding carboxylic acids is 1. The van der Waals surface area contributed by atoms with Crippen LogP contribution in [0.3, 0.4) is 0 Å². The third-order valence-corrected chi connectivity index (χ3v) is 13.6. The van der Waals surface area contributed by atoms with Crippen LogP contribution in [-0.4, -0.2) is 24.8 Å². The van der Waals surface area contributed by atoms with E-state index in [4.69, 9.17) is 16.2 Å². The summed E-state index contributed by atoms with van der Waals surface area (Å²) in [5, 5.41) is 8.61. The van der Waals surface area contributed by atoms with Crippen molar-refractivity contribution in [3.05, 3.63) is 11.6 Å². The molecule has 4 saturated carbocycles. The van der Waals surface area contributed by atoms with Crippen molar-refractivity contribution in [3.63, 3.8) is 0 Å². The van der Waals surface area contributed by atoms with Crippen LogP contribution >= 0.6 is 0 Å². The summed E-state index contributed by atoms with van der Waals surface area (Å²) in [5.41, 5.74) is 14.1. The van der Waals surface area contributed by atoms with Gasteiger partial charge in [0.15, 0.2) is 0 Å². The lowest BCUT2D eigenvalue weighted by molar-refractivity contribution is -0.183. The van der Waals surface area contributed by atoms with E-state index in [0.29, 0.717) is 29.6 Å². The lowest BCUT2D eigenvalue weighted by Crippen LogP contribution is -2.65. The molecule has 0 radical (unpaired) electrons. The number of hydrogen-bond acceptors (Lipinski definition) is 4. The van der Waals surface area contributed by atoms with Crippen LogP contribution in [0.1, 0.15) is 106 Å². The Balaban J connectivity index is 1.57. The summed E-state index contributed by atoms with van der Waals surface area (Å²) in [6, 6.07) is 0. The predicted octanol–water partition coefficient (Wildman–Crippen LogP) is 6.45. The van der Waals surface area contributed by atoms with Gasteiger partial charge in [0.05, 0.1) is 12.5 Å². The minimum Gasteiger partial charge on any atom is -0.469 e. The van der Waals surface area contributed by atoms with Gasteiger partial charge in [-0.1, -0.05) is 60.1 Å². The van der Waals surface area contributed by atoms with E-state index in [0.717, 1.165) is 50.7 Å². The van der Waals surface area contributed by atoms with Gasteiger partial charge in [0, 0.05) is 11.1 Å². The smallest absolute Gasteiger partial charge is 0.312 e. The Morgan fingerprint density at radius 2 is 1.68 bits per heavy atom. The standard InChI is InChI=1S/C32H52N4O2/c1-19-11-16-32(26(37)38-8)18-17-30(6)21(25(32)20(19)2)9-10-23-29(5)14-13-24(35-36-27(33)34)28(3,4)22(29)12-15-31(23,30)7/h9,19-20,22-23,25H,10-18H2,1-8H3,(H4,33,34,36)/b35-24+/t19-,20+,22?,23?,25?,29+,30-,31-,32+/m1/s1. The van der Waals surface area contributed by atoms with E-state index in [1.807, 2.05) is 0 Å². The summed E-state index contributed by atoms with van der Waals surface area (Å²) in [6.07, 6.45) is 12.3. The number of nitrogens with two attached hydrogens (primary N) is 2. The second-order valence-corrected chi connectivity index (χ2v) is 15.1. The first-order valence-electron chi connectivity index (χ1n) is 15.1. The van der Waals surface area contributed by atoms with Gasteiger partial charge in [0.1, 0.15) is 0 Å². The van der Waals surface area contributed by atoms with E-state index in [9.17, 15) is 4.79 Å². The predicted molar refractivity (Wildman–Crippen MR) is 154 cm³/mol. The highest BCUT2D eigenvalue weighted by molar-refractivity contribution is 5.91. The monoisotopic (exact) mass is 524 g/mol. The van der Waals surface area contributed by atoms with Crippen molar-refractivity contribution >= 4 is 17.6 Å². The van der Waals surface area contributed by atoms with Crippen LogP contribution in [-0.2, 0) is 9.53 Å². The van der Waals surface area contributed by atoms with Gasteiger partial charge in [-0.25, -0.2) is 0 Å². The first-order valence-corrected chi connectivity index (χ1v) is 15.1. The van der Waals surface area contributed by atoms with Crippen molar-refractivity contribution in [2.75, 3.05) is 7.11 Å². The minimum atomic E-state index is -0.347. The number of ether oxygens (including phenoxy) is 1. The molecule has 5 rings (SSSR count). The van der Waals surface area contributed by atoms with Gasteiger partial charge in [-0.05, 0) is 104 Å². The number of guanidine groups is 1. The summed E-state index contributed by atoms with van der Waals surface area (Å²) in [6.45, 7) is 17.3. The molecule has 0 aromatic rings. The molecule has 6 heteroatoms. The van der Waals surface area contributed by atoms with Gasteiger partial charge in [0.25, 0.3) is 0 Å². The molecule has 6 nitrogen and oxygen atoms in total. The van der Waals surface area contributed by atoms with Gasteiger partial charge in [-0.2, -0.15) is 5.10 Å². The number of esters is 1. The lowest BCUT2D eigenvalue weighted by Gasteiger charge is -2.71. The molecular formula is C32H52N4O2. The van der Waals surface area contributed by atoms with Gasteiger partial charge in [0.2, 0.25) is 5.96 Å². The van der Waals surface area contributed by atoms with Gasteiger partial charge in [-0.15, -0.1) is 5.10 Å². The first-order chi connectivity index (χ1) is 17.7. The zero-order valence-corrected chi connectivity index (χ0v) is 25.2. The third kappa shape index (κ3) is 3.46. The maximum Gasteiger partial charge on any atom is 0.312 e. The number of nitrogens with zero attached hydrogens (tertiary/aromatic N) is 2. The fourth-order valence-corrected chi connectivity index (χ4v) is 11.2. The fraction of sp³-hybridized carbons (Fsp3) is 0.844. The second kappa shape index (κ2) is 8.83. The van der Waals surface area contributed by atoms with Crippen LogP contribution in [0.5, 0.6) is 0 Å². The third-order valence-electron chi connectivity index (χ3n) is 13.6. The highest BCUT2D eigenvalue weighted by atomic mass is 16.5. The van der Waals surface area contributed by atoms with Crippen LogP contribution in [0.4, 0.5) is 0 Å². The van der Waals surface area contributed by atoms with Gasteiger partial charge < -0.3 is 16.2 Å². The zero-order valence-electron chi connectivity index (χ0n) is 25.2. The molecule has 0 aromatic carbocycles. The van der Waals surface area contributed by atoms with Gasteiger partial charge in [-0.3, -0.25) is 4.79 Å². The maximum atomic E-state index is 13.5. The Labute approximate surface area is 230 Å². The van der Waals surface area contributed by atoms with Crippen molar-refractivity contribution in [2.24, 2.45) is 78.3 Å². The Kier molecular flexibility index (Phi) is 6.44. The number of hydrogen-bond donors (Lipinski definition) is 2. The minimum absolute atomic E-state index is 0.0299. The van der Waals surface area contributed by atoms with Crippen LogP contribution < -0.4 is 11.5 Å². The van der Waals surface area contributed by atoms with Crippen LogP contribution in [0, 0.1) is 56.7 Å². The highest BCUT2D eigenvalue weighted by Gasteiger charge is 2.69. The fourth-order valence-electron chi connectivity index (χ4n) is 11.2. The molecule has 4 N–H and O–H groups in total. The van der Waals surface area contributed by atoms with Crippen LogP contribution in [0.2, 0.25) is 0 Å². The molecule has 3 unspecified atom stereocenters. The normalized spacial score (nSPS) is 48.5. The molecule has 5 aliphatic rings. The summed E-state index contributed by atoms with van der Waals surface area (Å²) in [4.78, 5) is 13.5. The molecule has 0 spiro atoms. The average molecular weight is 525 g/mol. The molecule has 5 aliphatic carbocycles. The number of fused-ring (bicyclic) bond motifs is 7. The second-order valence-electron chi connectivity index (χ2n) is 15.1. The van der Waals surface area contributed by atoms with E-state index in [1.54, 1.807) is 12.7 Å². The van der Waals surface area contributed by atoms with Crippen molar-refractivity contribution in [1.82, 2.24) is 0 Å². The number of allylic oxidation sites excluding steroid dienone is 2. The lowest BCUT2D eigenvalue weighted by atomic mass is 9.33. The number of carbonyl (C=O) groups is 1. The molecule has 0 aromatic heterocycles. The molecule has 9 atom stereocenters. The Bertz CT molecular complexity index is 1090. The Morgan fingerprint density at radius 3 is 2.34 bits per heavy atom. The van der Waals surface area contributed by atoms with Crippen molar-refractivity contribution in [3.8, 4) is 0 Å². The Hall–Kier alpha value is -1.85. The molecule has 0 amide bonds. The molecular weight excluding hydrogens is 472 g/mol. The SMILES string of the molecule is COC(=O)[C@]12CC[C@@H](C)[C@H](C)C1C1=CCC3[C@@]4(C)CC/C(=N\N=C(N)N)C(C)(C)C4CC[C@@]3(C)[C@]1(C)CC2. The van der Waals surface area contributed by atoms with E-state index in [2.05, 4.69) is 64.7 Å². The first kappa shape index (κ1) is 27.7. The largest absolute Gasteiger partial charge is 0.469 e. The van der Waals surface area contributed by atoms with E-state index in [-0.39, 0.29) is 39.0 Å². The number of methoxy groups -OCH3 is 1. The molecule has 0 aliphatic heterocycles. The summed E-state index contributed by atoms with van der Waals surface area (Å²) >= 11 is 0. The van der Waals surface area contributed by atoms with Crippen molar-refractivity contribution in [1.29, 1.82) is 0 Å². The molecule has 0 bridgehead atoms. The molecule has 0 heterocycles. The molecule has 4 fully saturated rings. The Morgan fingerprint density at radius 1 is 0.974 bits per heavy atom. The maximum absolute atomic E-state index is 13.5. The quantitative estimate of drug-likeness (QED) is 0.142. The molecule has 38 heavy (non-hydrogen) atoms. The van der Waals surface area contributed by atoms with E-state index in [1.165, 1.54) is 12.8 Å². The van der Waals surface area contributed by atoms with Crippen molar-refractivity contribution in [2.45, 2.75) is 106 Å². The van der Waals surface area contributed by atoms with Crippen LogP contribution in [0.25, 0.3) is 0 Å². The van der Waals surface area contributed by atoms with E-state index >= 15 is 0 Å². The topological polar surface area (TPSA) is 103 Å². The van der Waals surface area contributed by atoms with Gasteiger partial charge >= 0.3 is 5.97 Å². The summed E-state index contributed by atoms with van der Waals surface area (Å²) < 4.78 is 5.53. The van der Waals surface area contributed by atoms with Crippen molar-refractivity contribution < 1.29 is 9.53 Å².